The number of nitrogens with zero attached hydrogens (tertiary/aromatic N) is 2. The molecule has 0 bridgehead atoms. The molecule has 0 atom stereocenters. The van der Waals surface area contributed by atoms with Crippen molar-refractivity contribution in [2.75, 3.05) is 20.7 Å². The number of ether oxygens (including phenoxy) is 2. The highest BCUT2D eigenvalue weighted by Crippen LogP contribution is 2.38. The second-order valence-electron chi connectivity index (χ2n) is 6.05. The van der Waals surface area contributed by atoms with Crippen LogP contribution in [-0.4, -0.2) is 31.5 Å². The van der Waals surface area contributed by atoms with E-state index in [1.54, 1.807) is 38.4 Å². The van der Waals surface area contributed by atoms with Crippen LogP contribution in [0.25, 0.3) is 6.08 Å². The molecule has 146 valence electrons. The zero-order chi connectivity index (χ0) is 20.7. The van der Waals surface area contributed by atoms with E-state index in [0.29, 0.717) is 29.2 Å². The fourth-order valence-corrected chi connectivity index (χ4v) is 2.68. The van der Waals surface area contributed by atoms with Crippen LogP contribution in [0.5, 0.6) is 11.5 Å². The number of halogens is 2. The van der Waals surface area contributed by atoms with Gasteiger partial charge in [0.1, 0.15) is 24.1 Å². The standard InChI is InChI=1S/C21H20ClFN2O3/c1-4-27-19-11-15(8-16(12-24)21(26)25(2)3)10-18(22)20(19)28-13-14-6-5-7-17(23)9-14/h5-11H,4,13H2,1-3H3/b16-8-. The summed E-state index contributed by atoms with van der Waals surface area (Å²) in [6.45, 7) is 2.28. The second-order valence-corrected chi connectivity index (χ2v) is 6.46. The van der Waals surface area contributed by atoms with Crippen molar-refractivity contribution in [2.45, 2.75) is 13.5 Å². The molecule has 0 aliphatic carbocycles. The first kappa shape index (κ1) is 21.3. The molecule has 2 rings (SSSR count). The summed E-state index contributed by atoms with van der Waals surface area (Å²) < 4.78 is 24.7. The van der Waals surface area contributed by atoms with E-state index in [-0.39, 0.29) is 23.0 Å². The van der Waals surface area contributed by atoms with Gasteiger partial charge in [-0.1, -0.05) is 23.7 Å². The minimum Gasteiger partial charge on any atom is -0.490 e. The van der Waals surface area contributed by atoms with Crippen LogP contribution in [0.1, 0.15) is 18.1 Å². The molecule has 0 aromatic heterocycles. The third-order valence-corrected chi connectivity index (χ3v) is 3.95. The first-order valence-electron chi connectivity index (χ1n) is 8.52. The summed E-state index contributed by atoms with van der Waals surface area (Å²) in [4.78, 5) is 13.4. The van der Waals surface area contributed by atoms with Gasteiger partial charge in [0.05, 0.1) is 11.6 Å². The fraction of sp³-hybridized carbons (Fsp3) is 0.238. The summed E-state index contributed by atoms with van der Waals surface area (Å²) in [5.74, 6) is -0.0927. The smallest absolute Gasteiger partial charge is 0.264 e. The summed E-state index contributed by atoms with van der Waals surface area (Å²) in [7, 11) is 3.13. The van der Waals surface area contributed by atoms with E-state index < -0.39 is 5.91 Å². The van der Waals surface area contributed by atoms with E-state index in [1.165, 1.54) is 23.1 Å². The molecule has 7 heteroatoms. The molecule has 0 spiro atoms. The van der Waals surface area contributed by atoms with Gasteiger partial charge in [-0.15, -0.1) is 0 Å². The van der Waals surface area contributed by atoms with E-state index in [9.17, 15) is 14.4 Å². The lowest BCUT2D eigenvalue weighted by Gasteiger charge is -2.15. The van der Waals surface area contributed by atoms with Crippen LogP contribution in [0, 0.1) is 17.1 Å². The molecular formula is C21H20ClFN2O3. The molecule has 0 heterocycles. The molecule has 5 nitrogen and oxygen atoms in total. The number of nitriles is 1. The molecular weight excluding hydrogens is 383 g/mol. The summed E-state index contributed by atoms with van der Waals surface area (Å²) >= 11 is 6.35. The van der Waals surface area contributed by atoms with E-state index in [1.807, 2.05) is 13.0 Å². The van der Waals surface area contributed by atoms with E-state index in [2.05, 4.69) is 0 Å². The van der Waals surface area contributed by atoms with Crippen molar-refractivity contribution in [1.82, 2.24) is 4.90 Å². The Bertz CT molecular complexity index is 936. The van der Waals surface area contributed by atoms with Crippen molar-refractivity contribution < 1.29 is 18.7 Å². The molecule has 28 heavy (non-hydrogen) atoms. The maximum atomic E-state index is 13.3. The number of benzene rings is 2. The molecule has 0 aliphatic heterocycles. The fourth-order valence-electron chi connectivity index (χ4n) is 2.41. The molecule has 0 saturated heterocycles. The van der Waals surface area contributed by atoms with Gasteiger partial charge < -0.3 is 14.4 Å². The summed E-state index contributed by atoms with van der Waals surface area (Å²) in [6.07, 6.45) is 1.44. The van der Waals surface area contributed by atoms with Crippen LogP contribution in [-0.2, 0) is 11.4 Å². The minimum atomic E-state index is -0.414. The molecule has 2 aromatic carbocycles. The van der Waals surface area contributed by atoms with E-state index >= 15 is 0 Å². The van der Waals surface area contributed by atoms with Crippen molar-refractivity contribution in [3.8, 4) is 17.6 Å². The second kappa shape index (κ2) is 9.77. The quantitative estimate of drug-likeness (QED) is 0.507. The van der Waals surface area contributed by atoms with Crippen LogP contribution in [0.4, 0.5) is 4.39 Å². The van der Waals surface area contributed by atoms with Crippen molar-refractivity contribution >= 4 is 23.6 Å². The van der Waals surface area contributed by atoms with Crippen LogP contribution < -0.4 is 9.47 Å². The van der Waals surface area contributed by atoms with Gasteiger partial charge >= 0.3 is 0 Å². The molecule has 1 amide bonds. The SMILES string of the molecule is CCOc1cc(/C=C(/C#N)C(=O)N(C)C)cc(Cl)c1OCc1cccc(F)c1. The molecule has 2 aromatic rings. The topological polar surface area (TPSA) is 62.6 Å². The van der Waals surface area contributed by atoms with E-state index in [4.69, 9.17) is 21.1 Å². The predicted molar refractivity (Wildman–Crippen MR) is 106 cm³/mol. The van der Waals surface area contributed by atoms with Crippen LogP contribution in [0.3, 0.4) is 0 Å². The highest BCUT2D eigenvalue weighted by molar-refractivity contribution is 6.32. The number of hydrogen-bond donors (Lipinski definition) is 0. The Balaban J connectivity index is 2.35. The highest BCUT2D eigenvalue weighted by atomic mass is 35.5. The Morgan fingerprint density at radius 1 is 1.29 bits per heavy atom. The van der Waals surface area contributed by atoms with E-state index in [0.717, 1.165) is 0 Å². The number of amides is 1. The number of rotatable bonds is 7. The molecule has 0 unspecified atom stereocenters. The van der Waals surface area contributed by atoms with Crippen LogP contribution in [0.15, 0.2) is 42.0 Å². The summed E-state index contributed by atoms with van der Waals surface area (Å²) in [5, 5.41) is 9.50. The van der Waals surface area contributed by atoms with Crippen molar-refractivity contribution in [3.63, 3.8) is 0 Å². The minimum absolute atomic E-state index is 0.0306. The van der Waals surface area contributed by atoms with Gasteiger partial charge in [-0.05, 0) is 48.4 Å². The molecule has 0 fully saturated rings. The number of hydrogen-bond acceptors (Lipinski definition) is 4. The average molecular weight is 403 g/mol. The van der Waals surface area contributed by atoms with Crippen molar-refractivity contribution in [3.05, 3.63) is 63.9 Å². The normalized spacial score (nSPS) is 10.9. The van der Waals surface area contributed by atoms with Gasteiger partial charge in [0.2, 0.25) is 0 Å². The highest BCUT2D eigenvalue weighted by Gasteiger charge is 2.15. The van der Waals surface area contributed by atoms with Crippen LogP contribution >= 0.6 is 11.6 Å². The maximum Gasteiger partial charge on any atom is 0.264 e. The predicted octanol–water partition coefficient (Wildman–Crippen LogP) is 4.45. The zero-order valence-electron chi connectivity index (χ0n) is 15.8. The Morgan fingerprint density at radius 2 is 2.04 bits per heavy atom. The Labute approximate surface area is 168 Å². The Hall–Kier alpha value is -3.04. The average Bonchev–Trinajstić information content (AvgIpc) is 2.65. The lowest BCUT2D eigenvalue weighted by Crippen LogP contribution is -2.22. The third-order valence-electron chi connectivity index (χ3n) is 3.67. The Kier molecular flexibility index (Phi) is 7.42. The van der Waals surface area contributed by atoms with Crippen LogP contribution in [0.2, 0.25) is 5.02 Å². The summed E-state index contributed by atoms with van der Waals surface area (Å²) in [5.41, 5.74) is 1.14. The van der Waals surface area contributed by atoms with Gasteiger partial charge in [0, 0.05) is 14.1 Å². The van der Waals surface area contributed by atoms with Gasteiger partial charge in [-0.3, -0.25) is 4.79 Å². The first-order chi connectivity index (χ1) is 13.3. The largest absolute Gasteiger partial charge is 0.490 e. The lowest BCUT2D eigenvalue weighted by atomic mass is 10.1. The molecule has 0 N–H and O–H groups in total. The van der Waals surface area contributed by atoms with Gasteiger partial charge in [-0.25, -0.2) is 4.39 Å². The van der Waals surface area contributed by atoms with Crippen molar-refractivity contribution in [1.29, 1.82) is 5.26 Å². The lowest BCUT2D eigenvalue weighted by molar-refractivity contribution is -0.124. The van der Waals surface area contributed by atoms with Gasteiger partial charge in [0.15, 0.2) is 11.5 Å². The number of carbonyl (C=O) groups excluding carboxylic acids is 1. The first-order valence-corrected chi connectivity index (χ1v) is 8.90. The maximum absolute atomic E-state index is 13.3. The number of carbonyl (C=O) groups is 1. The Morgan fingerprint density at radius 3 is 2.64 bits per heavy atom. The number of likely N-dealkylation sites (N-methyl/N-ethyl adjacent to an activating group) is 1. The molecule has 0 saturated carbocycles. The van der Waals surface area contributed by atoms with Gasteiger partial charge in [0.25, 0.3) is 5.91 Å². The molecule has 0 aliphatic rings. The molecule has 0 radical (unpaired) electrons. The summed E-state index contributed by atoms with van der Waals surface area (Å²) in [6, 6.07) is 11.2. The van der Waals surface area contributed by atoms with Crippen molar-refractivity contribution in [2.24, 2.45) is 0 Å². The monoisotopic (exact) mass is 402 g/mol. The zero-order valence-corrected chi connectivity index (χ0v) is 16.6. The third kappa shape index (κ3) is 5.48. The van der Waals surface area contributed by atoms with Gasteiger partial charge in [-0.2, -0.15) is 5.26 Å².